The van der Waals surface area contributed by atoms with Gasteiger partial charge >= 0.3 is 5.97 Å². The van der Waals surface area contributed by atoms with Crippen LogP contribution < -0.4 is 5.56 Å². The van der Waals surface area contributed by atoms with E-state index in [1.807, 2.05) is 0 Å². The van der Waals surface area contributed by atoms with Crippen LogP contribution in [0.25, 0.3) is 5.82 Å². The molecule has 3 aromatic rings. The first-order valence-corrected chi connectivity index (χ1v) is 6.88. The van der Waals surface area contributed by atoms with E-state index in [1.165, 1.54) is 30.5 Å². The minimum Gasteiger partial charge on any atom is -0.478 e. The first kappa shape index (κ1) is 15.6. The van der Waals surface area contributed by atoms with Crippen molar-refractivity contribution in [2.45, 2.75) is 6.42 Å². The number of nitrogens with zero attached hydrogens (tertiary/aromatic N) is 2. The van der Waals surface area contributed by atoms with Gasteiger partial charge in [-0.3, -0.25) is 9.89 Å². The lowest BCUT2D eigenvalue weighted by atomic mass is 10.1. The molecule has 2 aromatic heterocycles. The molecular formula is C16H11F2N3O3. The molecule has 0 radical (unpaired) electrons. The fourth-order valence-corrected chi connectivity index (χ4v) is 2.25. The fraction of sp³-hybridized carbons (Fsp3) is 0.0625. The predicted molar refractivity (Wildman–Crippen MR) is 80.3 cm³/mol. The van der Waals surface area contributed by atoms with Gasteiger partial charge in [0.05, 0.1) is 5.56 Å². The topological polar surface area (TPSA) is 88.0 Å². The number of hydrogen-bond acceptors (Lipinski definition) is 3. The second kappa shape index (κ2) is 6.07. The van der Waals surface area contributed by atoms with Crippen LogP contribution in [0.4, 0.5) is 8.78 Å². The van der Waals surface area contributed by atoms with E-state index in [0.29, 0.717) is 5.69 Å². The average molecular weight is 331 g/mol. The number of halogens is 2. The van der Waals surface area contributed by atoms with Gasteiger partial charge < -0.3 is 5.11 Å². The Balaban J connectivity index is 1.94. The van der Waals surface area contributed by atoms with Gasteiger partial charge in [-0.2, -0.15) is 0 Å². The summed E-state index contributed by atoms with van der Waals surface area (Å²) >= 11 is 0. The van der Waals surface area contributed by atoms with E-state index in [2.05, 4.69) is 10.1 Å². The Morgan fingerprint density at radius 2 is 2.00 bits per heavy atom. The van der Waals surface area contributed by atoms with Crippen LogP contribution in [0.15, 0.2) is 47.4 Å². The molecule has 122 valence electrons. The second-order valence-corrected chi connectivity index (χ2v) is 5.08. The molecular weight excluding hydrogens is 320 g/mol. The summed E-state index contributed by atoms with van der Waals surface area (Å²) in [6, 6.07) is 6.98. The summed E-state index contributed by atoms with van der Waals surface area (Å²) in [5, 5.41) is 11.7. The summed E-state index contributed by atoms with van der Waals surface area (Å²) in [6.45, 7) is 0. The summed E-state index contributed by atoms with van der Waals surface area (Å²) in [7, 11) is 0. The molecule has 0 unspecified atom stereocenters. The number of rotatable bonds is 4. The van der Waals surface area contributed by atoms with Crippen molar-refractivity contribution in [3.05, 3.63) is 81.4 Å². The minimum absolute atomic E-state index is 0.0207. The maximum absolute atomic E-state index is 13.7. The van der Waals surface area contributed by atoms with Crippen LogP contribution in [-0.4, -0.2) is 25.8 Å². The molecule has 0 aliphatic rings. The van der Waals surface area contributed by atoms with Crippen LogP contribution in [0.5, 0.6) is 0 Å². The van der Waals surface area contributed by atoms with Gasteiger partial charge in [0.15, 0.2) is 5.82 Å². The number of carbonyl (C=O) groups is 1. The Hall–Kier alpha value is -3.29. The van der Waals surface area contributed by atoms with E-state index in [0.717, 1.165) is 16.8 Å². The number of pyridine rings is 1. The molecule has 0 atom stereocenters. The Labute approximate surface area is 134 Å². The molecule has 0 aliphatic heterocycles. The van der Waals surface area contributed by atoms with Crippen molar-refractivity contribution in [2.75, 3.05) is 0 Å². The monoisotopic (exact) mass is 331 g/mol. The molecule has 0 spiro atoms. The molecule has 0 bridgehead atoms. The zero-order valence-corrected chi connectivity index (χ0v) is 12.2. The quantitative estimate of drug-likeness (QED) is 0.766. The van der Waals surface area contributed by atoms with Gasteiger partial charge in [-0.15, -0.1) is 0 Å². The molecule has 1 aromatic carbocycles. The highest BCUT2D eigenvalue weighted by Gasteiger charge is 2.11. The lowest BCUT2D eigenvalue weighted by molar-refractivity contribution is 0.0696. The molecule has 0 saturated heterocycles. The van der Waals surface area contributed by atoms with Crippen molar-refractivity contribution in [1.29, 1.82) is 0 Å². The molecule has 6 nitrogen and oxygen atoms in total. The van der Waals surface area contributed by atoms with Gasteiger partial charge in [0.2, 0.25) is 0 Å². The molecule has 2 N–H and O–H groups in total. The predicted octanol–water partition coefficient (Wildman–Crippen LogP) is 2.13. The lowest BCUT2D eigenvalue weighted by Crippen LogP contribution is -2.15. The zero-order chi connectivity index (χ0) is 17.3. The number of carboxylic acid groups (broad SMARTS) is 1. The Morgan fingerprint density at radius 1 is 1.21 bits per heavy atom. The van der Waals surface area contributed by atoms with Gasteiger partial charge in [0.1, 0.15) is 11.6 Å². The van der Waals surface area contributed by atoms with Crippen LogP contribution in [0.3, 0.4) is 0 Å². The number of nitrogens with one attached hydrogen (secondary N) is 1. The van der Waals surface area contributed by atoms with E-state index in [1.54, 1.807) is 0 Å². The fourth-order valence-electron chi connectivity index (χ4n) is 2.25. The molecule has 0 saturated carbocycles. The Morgan fingerprint density at radius 3 is 2.71 bits per heavy atom. The number of benzene rings is 1. The van der Waals surface area contributed by atoms with Crippen LogP contribution >= 0.6 is 0 Å². The highest BCUT2D eigenvalue weighted by atomic mass is 19.1. The number of hydrogen-bond donors (Lipinski definition) is 2. The van der Waals surface area contributed by atoms with Crippen molar-refractivity contribution in [1.82, 2.24) is 14.8 Å². The third-order valence-electron chi connectivity index (χ3n) is 3.39. The van der Waals surface area contributed by atoms with E-state index in [-0.39, 0.29) is 23.4 Å². The molecule has 0 fully saturated rings. The van der Waals surface area contributed by atoms with Gasteiger partial charge in [0.25, 0.3) is 5.56 Å². The number of aromatic amines is 1. The van der Waals surface area contributed by atoms with E-state index < -0.39 is 23.2 Å². The van der Waals surface area contributed by atoms with Crippen LogP contribution in [0.2, 0.25) is 0 Å². The molecule has 3 rings (SSSR count). The van der Waals surface area contributed by atoms with Crippen molar-refractivity contribution in [3.8, 4) is 5.82 Å². The molecule has 24 heavy (non-hydrogen) atoms. The Bertz CT molecular complexity index is 979. The smallest absolute Gasteiger partial charge is 0.335 e. The number of aromatic carboxylic acids is 1. The first-order chi connectivity index (χ1) is 11.4. The highest BCUT2D eigenvalue weighted by molar-refractivity contribution is 5.87. The third-order valence-corrected chi connectivity index (χ3v) is 3.39. The summed E-state index contributed by atoms with van der Waals surface area (Å²) < 4.78 is 27.7. The molecule has 2 heterocycles. The normalized spacial score (nSPS) is 10.8. The van der Waals surface area contributed by atoms with Crippen molar-refractivity contribution < 1.29 is 18.7 Å². The highest BCUT2D eigenvalue weighted by Crippen LogP contribution is 2.13. The van der Waals surface area contributed by atoms with Gasteiger partial charge in [-0.05, 0) is 23.8 Å². The Kier molecular flexibility index (Phi) is 3.95. The van der Waals surface area contributed by atoms with Crippen molar-refractivity contribution in [3.63, 3.8) is 0 Å². The van der Waals surface area contributed by atoms with Gasteiger partial charge in [-0.25, -0.2) is 23.2 Å². The number of carboxylic acids is 1. The van der Waals surface area contributed by atoms with E-state index in [9.17, 15) is 18.4 Å². The van der Waals surface area contributed by atoms with E-state index in [4.69, 9.17) is 5.11 Å². The largest absolute Gasteiger partial charge is 0.478 e. The third kappa shape index (κ3) is 3.07. The lowest BCUT2D eigenvalue weighted by Gasteiger charge is -2.03. The standard InChI is InChI=1S/C16H11F2N3O3/c17-11-2-1-9(13(18)7-11)5-12-8-15(22)21(20-12)14-6-10(16(23)24)3-4-19-14/h1-4,6-8,20H,5H2,(H,23,24). The second-order valence-electron chi connectivity index (χ2n) is 5.08. The average Bonchev–Trinajstić information content (AvgIpc) is 2.91. The zero-order valence-electron chi connectivity index (χ0n) is 12.2. The minimum atomic E-state index is -1.15. The molecule has 0 amide bonds. The summed E-state index contributed by atoms with van der Waals surface area (Å²) in [5.41, 5.74) is 0.111. The summed E-state index contributed by atoms with van der Waals surface area (Å²) in [4.78, 5) is 27.0. The van der Waals surface area contributed by atoms with Crippen LogP contribution in [0, 0.1) is 11.6 Å². The van der Waals surface area contributed by atoms with Crippen LogP contribution in [0.1, 0.15) is 21.6 Å². The maximum Gasteiger partial charge on any atom is 0.335 e. The molecule has 8 heteroatoms. The first-order valence-electron chi connectivity index (χ1n) is 6.88. The maximum atomic E-state index is 13.7. The summed E-state index contributed by atoms with van der Waals surface area (Å²) in [6.07, 6.45) is 1.32. The van der Waals surface area contributed by atoms with E-state index >= 15 is 0 Å². The molecule has 0 aliphatic carbocycles. The summed E-state index contributed by atoms with van der Waals surface area (Å²) in [5.74, 6) is -2.44. The van der Waals surface area contributed by atoms with Gasteiger partial charge in [-0.1, -0.05) is 6.07 Å². The SMILES string of the molecule is O=C(O)c1ccnc(-n2[nH]c(Cc3ccc(F)cc3F)cc2=O)c1. The number of H-pyrrole nitrogens is 1. The number of aromatic nitrogens is 3. The van der Waals surface area contributed by atoms with Crippen LogP contribution in [-0.2, 0) is 6.42 Å². The van der Waals surface area contributed by atoms with Crippen molar-refractivity contribution in [2.24, 2.45) is 0 Å². The van der Waals surface area contributed by atoms with Crippen molar-refractivity contribution >= 4 is 5.97 Å². The van der Waals surface area contributed by atoms with Gasteiger partial charge in [0, 0.05) is 30.4 Å².